The zero-order chi connectivity index (χ0) is 21.8. The zero-order valence-electron chi connectivity index (χ0n) is 19.8. The number of aromatic nitrogens is 2. The Hall–Kier alpha value is -1.40. The maximum Gasteiger partial charge on any atom is 0.246 e. The summed E-state index contributed by atoms with van der Waals surface area (Å²) >= 11 is 0. The largest absolute Gasteiger partial charge is 0.354 e. The number of nitrogens with zero attached hydrogens (tertiary/aromatic N) is 7. The highest BCUT2D eigenvalue weighted by molar-refractivity contribution is 14.0. The molecule has 1 aromatic heterocycles. The van der Waals surface area contributed by atoms with Crippen molar-refractivity contribution in [2.75, 3.05) is 71.4 Å². The van der Waals surface area contributed by atoms with E-state index in [0.717, 1.165) is 37.8 Å². The van der Waals surface area contributed by atoms with Crippen LogP contribution in [0.5, 0.6) is 0 Å². The van der Waals surface area contributed by atoms with Crippen LogP contribution in [0.1, 0.15) is 32.1 Å². The van der Waals surface area contributed by atoms with E-state index in [2.05, 4.69) is 37.2 Å². The van der Waals surface area contributed by atoms with Crippen LogP contribution in [-0.4, -0.2) is 108 Å². The van der Waals surface area contributed by atoms with Gasteiger partial charge >= 0.3 is 0 Å². The summed E-state index contributed by atoms with van der Waals surface area (Å²) in [6.07, 6.45) is 9.97. The summed E-state index contributed by atoms with van der Waals surface area (Å²) in [5, 5.41) is 7.87. The molecule has 32 heavy (non-hydrogen) atoms. The molecule has 0 spiro atoms. The van der Waals surface area contributed by atoms with E-state index in [1.807, 2.05) is 25.2 Å². The number of guanidine groups is 1. The van der Waals surface area contributed by atoms with Crippen molar-refractivity contribution >= 4 is 41.5 Å². The number of likely N-dealkylation sites (tertiary alicyclic amines) is 2. The molecule has 0 bridgehead atoms. The van der Waals surface area contributed by atoms with Gasteiger partial charge < -0.3 is 20.0 Å². The van der Waals surface area contributed by atoms with E-state index in [1.54, 1.807) is 10.9 Å². The fourth-order valence-corrected chi connectivity index (χ4v) is 5.26. The molecule has 3 aliphatic heterocycles. The van der Waals surface area contributed by atoms with Crippen molar-refractivity contribution in [3.8, 4) is 0 Å². The van der Waals surface area contributed by atoms with Gasteiger partial charge in [-0.15, -0.1) is 24.0 Å². The van der Waals surface area contributed by atoms with E-state index in [-0.39, 0.29) is 35.4 Å². The minimum atomic E-state index is 0. The van der Waals surface area contributed by atoms with Crippen LogP contribution >= 0.6 is 24.0 Å². The summed E-state index contributed by atoms with van der Waals surface area (Å²) in [6.45, 7) is 7.32. The molecule has 0 unspecified atom stereocenters. The molecule has 10 heteroatoms. The molecule has 4 heterocycles. The second-order valence-corrected chi connectivity index (χ2v) is 9.32. The quantitative estimate of drug-likeness (QED) is 0.341. The van der Waals surface area contributed by atoms with Crippen molar-refractivity contribution < 1.29 is 4.79 Å². The molecular weight excluding hydrogens is 519 g/mol. The van der Waals surface area contributed by atoms with Gasteiger partial charge in [-0.25, -0.2) is 0 Å². The van der Waals surface area contributed by atoms with Crippen LogP contribution < -0.4 is 10.2 Å². The Balaban J connectivity index is 0.00000289. The highest BCUT2D eigenvalue weighted by Crippen LogP contribution is 2.31. The molecule has 3 aliphatic rings. The van der Waals surface area contributed by atoms with Gasteiger partial charge in [0.2, 0.25) is 5.91 Å². The third-order valence-electron chi connectivity index (χ3n) is 7.26. The van der Waals surface area contributed by atoms with Crippen LogP contribution in [0.2, 0.25) is 0 Å². The van der Waals surface area contributed by atoms with Crippen molar-refractivity contribution in [1.82, 2.24) is 29.8 Å². The second kappa shape index (κ2) is 11.1. The first kappa shape index (κ1) is 25.2. The SMILES string of the molecule is CN=C(NCC1(N2CCCCC2)CCN(C)CC1)N1CCN(c2cnn(C)c2)C(=O)C1.I. The number of nitrogens with one attached hydrogen (secondary N) is 1. The van der Waals surface area contributed by atoms with Crippen LogP contribution in [0.3, 0.4) is 0 Å². The van der Waals surface area contributed by atoms with Gasteiger partial charge in [0, 0.05) is 45.5 Å². The third kappa shape index (κ3) is 5.56. The summed E-state index contributed by atoms with van der Waals surface area (Å²) in [6, 6.07) is 0. The first-order valence-corrected chi connectivity index (χ1v) is 11.7. The zero-order valence-corrected chi connectivity index (χ0v) is 22.1. The number of piperazine rings is 1. The molecule has 3 saturated heterocycles. The lowest BCUT2D eigenvalue weighted by Gasteiger charge is -2.50. The highest BCUT2D eigenvalue weighted by Gasteiger charge is 2.40. The van der Waals surface area contributed by atoms with E-state index in [0.29, 0.717) is 13.1 Å². The molecule has 3 fully saturated rings. The van der Waals surface area contributed by atoms with Crippen molar-refractivity contribution in [2.45, 2.75) is 37.6 Å². The van der Waals surface area contributed by atoms with E-state index in [9.17, 15) is 4.79 Å². The minimum absolute atomic E-state index is 0. The van der Waals surface area contributed by atoms with Crippen LogP contribution in [0, 0.1) is 0 Å². The number of hydrogen-bond acceptors (Lipinski definition) is 5. The Labute approximate surface area is 209 Å². The standard InChI is InChI=1S/C22H38N8O.HI/c1-23-21(28-13-14-30(20(31)17-28)19-15-25-27(3)16-19)24-18-22(7-11-26(2)12-8-22)29-9-5-4-6-10-29;/h15-16H,4-14,17-18H2,1-3H3,(H,23,24);1H. The van der Waals surface area contributed by atoms with Gasteiger partial charge in [-0.2, -0.15) is 5.10 Å². The second-order valence-electron chi connectivity index (χ2n) is 9.32. The molecule has 0 atom stereocenters. The van der Waals surface area contributed by atoms with E-state index >= 15 is 0 Å². The van der Waals surface area contributed by atoms with E-state index < -0.39 is 0 Å². The average Bonchev–Trinajstić information content (AvgIpc) is 3.22. The number of carbonyl (C=O) groups excluding carboxylic acids is 1. The Kier molecular flexibility index (Phi) is 8.79. The summed E-state index contributed by atoms with van der Waals surface area (Å²) < 4.78 is 1.73. The molecule has 9 nitrogen and oxygen atoms in total. The van der Waals surface area contributed by atoms with Gasteiger partial charge in [-0.05, 0) is 58.9 Å². The van der Waals surface area contributed by atoms with Crippen molar-refractivity contribution in [1.29, 1.82) is 0 Å². The van der Waals surface area contributed by atoms with Gasteiger partial charge in [-0.1, -0.05) is 6.42 Å². The molecule has 0 aliphatic carbocycles. The number of anilines is 1. The molecule has 0 aromatic carbocycles. The predicted octanol–water partition coefficient (Wildman–Crippen LogP) is 1.21. The maximum atomic E-state index is 12.8. The number of carbonyl (C=O) groups is 1. The van der Waals surface area contributed by atoms with Crippen LogP contribution in [0.15, 0.2) is 17.4 Å². The highest BCUT2D eigenvalue weighted by atomic mass is 127. The van der Waals surface area contributed by atoms with Crippen LogP contribution in [0.25, 0.3) is 0 Å². The Bertz CT molecular complexity index is 783. The molecule has 180 valence electrons. The number of amides is 1. The number of piperidine rings is 2. The normalized spacial score (nSPS) is 23.2. The molecule has 0 saturated carbocycles. The van der Waals surface area contributed by atoms with Crippen molar-refractivity contribution in [3.05, 3.63) is 12.4 Å². The van der Waals surface area contributed by atoms with Gasteiger partial charge in [0.25, 0.3) is 0 Å². The Morgan fingerprint density at radius 3 is 2.41 bits per heavy atom. The lowest BCUT2D eigenvalue weighted by Crippen LogP contribution is -2.63. The number of rotatable bonds is 4. The fourth-order valence-electron chi connectivity index (χ4n) is 5.26. The number of aryl methyl sites for hydroxylation is 1. The summed E-state index contributed by atoms with van der Waals surface area (Å²) in [4.78, 5) is 26.5. The van der Waals surface area contributed by atoms with Gasteiger partial charge in [0.15, 0.2) is 5.96 Å². The number of hydrogen-bond donors (Lipinski definition) is 1. The topological polar surface area (TPSA) is 72.2 Å². The monoisotopic (exact) mass is 558 g/mol. The maximum absolute atomic E-state index is 12.8. The minimum Gasteiger partial charge on any atom is -0.354 e. The van der Waals surface area contributed by atoms with E-state index in [4.69, 9.17) is 0 Å². The van der Waals surface area contributed by atoms with Crippen LogP contribution in [-0.2, 0) is 11.8 Å². The first-order chi connectivity index (χ1) is 15.0. The van der Waals surface area contributed by atoms with E-state index in [1.165, 1.54) is 45.2 Å². The lowest BCUT2D eigenvalue weighted by atomic mass is 9.84. The van der Waals surface area contributed by atoms with Crippen molar-refractivity contribution in [2.24, 2.45) is 12.0 Å². The summed E-state index contributed by atoms with van der Waals surface area (Å²) in [7, 11) is 5.92. The van der Waals surface area contributed by atoms with Gasteiger partial charge in [0.1, 0.15) is 6.54 Å². The Morgan fingerprint density at radius 2 is 1.81 bits per heavy atom. The number of aliphatic imine (C=N–C) groups is 1. The summed E-state index contributed by atoms with van der Waals surface area (Å²) in [5.74, 6) is 0.932. The summed E-state index contributed by atoms with van der Waals surface area (Å²) in [5.41, 5.74) is 1.05. The molecule has 1 amide bonds. The molecule has 1 aromatic rings. The average molecular weight is 559 g/mol. The van der Waals surface area contributed by atoms with Crippen LogP contribution in [0.4, 0.5) is 5.69 Å². The fraction of sp³-hybridized carbons (Fsp3) is 0.773. The van der Waals surface area contributed by atoms with Gasteiger partial charge in [-0.3, -0.25) is 19.4 Å². The third-order valence-corrected chi connectivity index (χ3v) is 7.26. The first-order valence-electron chi connectivity index (χ1n) is 11.7. The number of halogens is 1. The molecule has 1 N–H and O–H groups in total. The molecular formula is C22H39IN8O. The smallest absolute Gasteiger partial charge is 0.246 e. The lowest BCUT2D eigenvalue weighted by molar-refractivity contribution is -0.120. The molecule has 0 radical (unpaired) electrons. The Morgan fingerprint density at radius 1 is 1.09 bits per heavy atom. The van der Waals surface area contributed by atoms with Gasteiger partial charge in [0.05, 0.1) is 11.9 Å². The van der Waals surface area contributed by atoms with Crippen molar-refractivity contribution in [3.63, 3.8) is 0 Å². The predicted molar refractivity (Wildman–Crippen MR) is 139 cm³/mol. The molecule has 4 rings (SSSR count).